The molecule has 2 aliphatic rings. The van der Waals surface area contributed by atoms with E-state index in [4.69, 9.17) is 31.0 Å². The molecule has 19 heteroatoms. The maximum absolute atomic E-state index is 11.7. The van der Waals surface area contributed by atoms with Gasteiger partial charge in [-0.05, 0) is 0 Å². The number of rotatable bonds is 8. The summed E-state index contributed by atoms with van der Waals surface area (Å²) in [6, 6.07) is 0. The Hall–Kier alpha value is -0.630. The van der Waals surface area contributed by atoms with Crippen molar-refractivity contribution < 1.29 is 61.1 Å². The summed E-state index contributed by atoms with van der Waals surface area (Å²) in [5, 5.41) is 11.4. The largest absolute Gasteiger partial charge is 0.490 e. The quantitative estimate of drug-likeness (QED) is 0.182. The summed E-state index contributed by atoms with van der Waals surface area (Å²) >= 11 is 6.07. The van der Waals surface area contributed by atoms with Crippen molar-refractivity contribution in [3.63, 3.8) is 0 Å². The highest BCUT2D eigenvalue weighted by molar-refractivity contribution is 7.66. The SMILES string of the molecule is C=C1NC(=O)C=CN1[C@@H]1O[C@H](COP(=O)(O)OP(=O)(O)OP(=O)(O)O)[C@@H](O)[C@H]1Cl. The molecule has 2 aliphatic heterocycles. The number of phosphoric acid groups is 3. The van der Waals surface area contributed by atoms with Crippen LogP contribution in [0.5, 0.6) is 0 Å². The molecule has 0 aliphatic carbocycles. The van der Waals surface area contributed by atoms with Crippen molar-refractivity contribution in [1.82, 2.24) is 10.2 Å². The minimum Gasteiger partial charge on any atom is -0.389 e. The molecule has 0 radical (unpaired) electrons. The minimum absolute atomic E-state index is 0.0777. The van der Waals surface area contributed by atoms with Crippen LogP contribution in [0.1, 0.15) is 0 Å². The summed E-state index contributed by atoms with van der Waals surface area (Å²) < 4.78 is 50.5. The number of phosphoric ester groups is 1. The Labute approximate surface area is 167 Å². The van der Waals surface area contributed by atoms with Gasteiger partial charge in [0.1, 0.15) is 23.4 Å². The molecule has 15 nitrogen and oxygen atoms in total. The summed E-state index contributed by atoms with van der Waals surface area (Å²) in [4.78, 5) is 48.0. The lowest BCUT2D eigenvalue weighted by atomic mass is 10.2. The van der Waals surface area contributed by atoms with E-state index >= 15 is 0 Å². The first-order valence-corrected chi connectivity index (χ1v) is 12.3. The van der Waals surface area contributed by atoms with Crippen LogP contribution in [0, 0.1) is 0 Å². The van der Waals surface area contributed by atoms with Gasteiger partial charge in [0.05, 0.1) is 6.61 Å². The second-order valence-electron chi connectivity index (χ2n) is 5.55. The van der Waals surface area contributed by atoms with Crippen LogP contribution in [0.2, 0.25) is 0 Å². The van der Waals surface area contributed by atoms with Crippen LogP contribution < -0.4 is 5.32 Å². The second kappa shape index (κ2) is 8.85. The van der Waals surface area contributed by atoms with Gasteiger partial charge < -0.3 is 39.6 Å². The Morgan fingerprint density at radius 1 is 1.21 bits per heavy atom. The smallest absolute Gasteiger partial charge is 0.389 e. The average molecular weight is 501 g/mol. The standard InChI is InChI=1S/C10H16ClN2O13P3/c1-5-12-7(14)2-3-13(5)10-8(11)9(15)6(24-10)4-23-28(19,20)26-29(21,22)25-27(16,17)18/h2-3,6,8-10,15H,1,4H2,(H,12,14)(H,19,20)(H,21,22)(H2,16,17,18)/t6-,8-,9-,10-/m1/s1. The maximum atomic E-state index is 11.7. The zero-order chi connectivity index (χ0) is 22.2. The van der Waals surface area contributed by atoms with E-state index in [9.17, 15) is 28.5 Å². The lowest BCUT2D eigenvalue weighted by Gasteiger charge is -2.32. The van der Waals surface area contributed by atoms with Crippen molar-refractivity contribution >= 4 is 41.0 Å². The third-order valence-corrected chi connectivity index (χ3v) is 7.63. The average Bonchev–Trinajstić information content (AvgIpc) is 2.78. The molecular formula is C10H16ClN2O13P3. The second-order valence-corrected chi connectivity index (χ2v) is 10.5. The van der Waals surface area contributed by atoms with E-state index < -0.39 is 59.8 Å². The van der Waals surface area contributed by atoms with Crippen LogP contribution in [-0.4, -0.2) is 65.9 Å². The van der Waals surface area contributed by atoms with Crippen LogP contribution in [0.15, 0.2) is 24.7 Å². The molecular weight excluding hydrogens is 484 g/mol. The van der Waals surface area contributed by atoms with E-state index in [1.807, 2.05) is 0 Å². The van der Waals surface area contributed by atoms with Gasteiger partial charge in [-0.25, -0.2) is 13.7 Å². The fourth-order valence-corrected chi connectivity index (χ4v) is 5.63. The highest BCUT2D eigenvalue weighted by Gasteiger charge is 2.48. The summed E-state index contributed by atoms with van der Waals surface area (Å²) in [6.07, 6.45) is -1.48. The monoisotopic (exact) mass is 500 g/mol. The molecule has 0 saturated carbocycles. The Kier molecular flexibility index (Phi) is 7.52. The molecule has 0 bridgehead atoms. The molecule has 1 fully saturated rings. The zero-order valence-electron chi connectivity index (χ0n) is 14.0. The number of aliphatic hydroxyl groups excluding tert-OH is 1. The molecule has 2 unspecified atom stereocenters. The fraction of sp³-hybridized carbons (Fsp3) is 0.500. The number of halogens is 1. The molecule has 0 aromatic carbocycles. The number of alkyl halides is 1. The third-order valence-electron chi connectivity index (χ3n) is 3.35. The molecule has 0 spiro atoms. The van der Waals surface area contributed by atoms with Crippen molar-refractivity contribution in [2.45, 2.75) is 23.8 Å². The van der Waals surface area contributed by atoms with Gasteiger partial charge in [0.2, 0.25) is 0 Å². The predicted octanol–water partition coefficient (Wildman–Crippen LogP) is -0.560. The number of carbonyl (C=O) groups excluding carboxylic acids is 1. The van der Waals surface area contributed by atoms with Crippen molar-refractivity contribution in [1.29, 1.82) is 0 Å². The lowest BCUT2D eigenvalue weighted by molar-refractivity contribution is -0.117. The summed E-state index contributed by atoms with van der Waals surface area (Å²) in [7, 11) is -16.6. The minimum atomic E-state index is -5.67. The topological polar surface area (TPSA) is 222 Å². The highest BCUT2D eigenvalue weighted by atomic mass is 35.5. The molecule has 1 amide bonds. The molecule has 29 heavy (non-hydrogen) atoms. The summed E-state index contributed by atoms with van der Waals surface area (Å²) in [5.74, 6) is -0.381. The third kappa shape index (κ3) is 6.94. The summed E-state index contributed by atoms with van der Waals surface area (Å²) in [6.45, 7) is 2.69. The Morgan fingerprint density at radius 3 is 2.38 bits per heavy atom. The van der Waals surface area contributed by atoms with Crippen LogP contribution in [-0.2, 0) is 36.4 Å². The molecule has 166 valence electrons. The fourth-order valence-electron chi connectivity index (χ4n) is 2.26. The summed E-state index contributed by atoms with van der Waals surface area (Å²) in [5.41, 5.74) is 0. The van der Waals surface area contributed by atoms with Gasteiger partial charge in [-0.3, -0.25) is 9.32 Å². The van der Waals surface area contributed by atoms with Gasteiger partial charge in [0.25, 0.3) is 5.91 Å². The lowest BCUT2D eigenvalue weighted by Crippen LogP contribution is -2.44. The number of hydrogen-bond donors (Lipinski definition) is 6. The van der Waals surface area contributed by atoms with Crippen LogP contribution >= 0.6 is 35.1 Å². The molecule has 6 N–H and O–H groups in total. The predicted molar refractivity (Wildman–Crippen MR) is 92.4 cm³/mol. The Bertz CT molecular complexity index is 845. The van der Waals surface area contributed by atoms with E-state index in [1.54, 1.807) is 0 Å². The van der Waals surface area contributed by atoms with Crippen LogP contribution in [0.3, 0.4) is 0 Å². The van der Waals surface area contributed by atoms with Gasteiger partial charge >= 0.3 is 23.5 Å². The number of hydrogen-bond acceptors (Lipinski definition) is 10. The van der Waals surface area contributed by atoms with Crippen molar-refractivity contribution in [3.05, 3.63) is 24.7 Å². The van der Waals surface area contributed by atoms with E-state index in [1.165, 1.54) is 11.1 Å². The van der Waals surface area contributed by atoms with Gasteiger partial charge in [0.15, 0.2) is 6.23 Å². The van der Waals surface area contributed by atoms with Crippen LogP contribution in [0.25, 0.3) is 0 Å². The van der Waals surface area contributed by atoms with Gasteiger partial charge in [-0.15, -0.1) is 11.6 Å². The molecule has 0 aromatic heterocycles. The molecule has 1 saturated heterocycles. The van der Waals surface area contributed by atoms with Gasteiger partial charge in [-0.1, -0.05) is 6.58 Å². The Morgan fingerprint density at radius 2 is 1.83 bits per heavy atom. The number of aliphatic hydroxyl groups is 1. The van der Waals surface area contributed by atoms with E-state index in [0.29, 0.717) is 0 Å². The van der Waals surface area contributed by atoms with E-state index in [-0.39, 0.29) is 5.82 Å². The van der Waals surface area contributed by atoms with Crippen molar-refractivity contribution in [2.75, 3.05) is 6.61 Å². The molecule has 2 rings (SSSR count). The first kappa shape index (κ1) is 24.6. The first-order valence-electron chi connectivity index (χ1n) is 7.33. The maximum Gasteiger partial charge on any atom is 0.490 e. The zero-order valence-corrected chi connectivity index (χ0v) is 17.5. The van der Waals surface area contributed by atoms with Gasteiger partial charge in [-0.2, -0.15) is 8.62 Å². The van der Waals surface area contributed by atoms with E-state index in [2.05, 4.69) is 25.0 Å². The molecule has 0 aromatic rings. The molecule has 2 heterocycles. The number of nitrogens with one attached hydrogen (secondary N) is 1. The normalized spacial score (nSPS) is 32.0. The molecule has 6 atom stereocenters. The highest BCUT2D eigenvalue weighted by Crippen LogP contribution is 2.66. The Balaban J connectivity index is 2.00. The van der Waals surface area contributed by atoms with Crippen LogP contribution in [0.4, 0.5) is 0 Å². The first-order chi connectivity index (χ1) is 13.1. The van der Waals surface area contributed by atoms with E-state index in [0.717, 1.165) is 6.08 Å². The number of carbonyl (C=O) groups is 1. The van der Waals surface area contributed by atoms with Crippen molar-refractivity contribution in [3.8, 4) is 0 Å². The number of nitrogens with zero attached hydrogens (tertiary/aromatic N) is 1. The number of ether oxygens (including phenoxy) is 1. The van der Waals surface area contributed by atoms with Crippen molar-refractivity contribution in [2.24, 2.45) is 0 Å². The van der Waals surface area contributed by atoms with Gasteiger partial charge in [0, 0.05) is 12.3 Å². The number of amides is 1.